The lowest BCUT2D eigenvalue weighted by Gasteiger charge is -2.51. The summed E-state index contributed by atoms with van der Waals surface area (Å²) in [5.41, 5.74) is 11.3. The molecule has 0 bridgehead atoms. The van der Waals surface area contributed by atoms with Crippen molar-refractivity contribution in [1.82, 2.24) is 0 Å². The van der Waals surface area contributed by atoms with Crippen molar-refractivity contribution in [2.24, 2.45) is 5.11 Å². The van der Waals surface area contributed by atoms with E-state index in [1.54, 1.807) is 123 Å². The Balaban J connectivity index is 1.14. The summed E-state index contributed by atoms with van der Waals surface area (Å²) in [6.07, 6.45) is -21.0. The number of ether oxygens (including phenoxy) is 12. The monoisotopic (exact) mass is 1100 g/mol. The van der Waals surface area contributed by atoms with Gasteiger partial charge in [0, 0.05) is 25.2 Å². The number of carbonyl (C=O) groups excluding carboxylic acids is 4. The number of azide groups is 1. The minimum absolute atomic E-state index is 0.0833. The van der Waals surface area contributed by atoms with Gasteiger partial charge in [-0.2, -0.15) is 0 Å². The van der Waals surface area contributed by atoms with Gasteiger partial charge in [0.2, 0.25) is 0 Å². The first-order valence-corrected chi connectivity index (χ1v) is 29.8. The highest BCUT2D eigenvalue weighted by Crippen LogP contribution is 2.40. The summed E-state index contributed by atoms with van der Waals surface area (Å²) in [6, 6.07) is 40.6. The van der Waals surface area contributed by atoms with Crippen LogP contribution in [0.4, 0.5) is 0 Å². The third kappa shape index (κ3) is 14.0. The van der Waals surface area contributed by atoms with Crippen LogP contribution in [0.5, 0.6) is 0 Å². The number of esters is 4. The predicted molar refractivity (Wildman–Crippen MR) is 283 cm³/mol. The SMILES string of the molecule is C[C@@H]1O[C@@H](O[C@@H]2[C@@H](OC(=O)c3ccccc3)[C@H](C)O[C@@H](OCC[Si](C)(C)C)[C@@H]2OC(=O)c2ccccc2)[C@H](OC(=O)c2ccccc2)[C@H](O[C@H]2O[C@@H]3CO[C@@H](c4ccccc4)O[C@H]3[C@H](O)[C@H]2N=[N+]=[N-])[C@H]1OC(=O)c1ccccc1. The van der Waals surface area contributed by atoms with Crippen molar-refractivity contribution in [3.05, 3.63) is 190 Å². The van der Waals surface area contributed by atoms with Gasteiger partial charge < -0.3 is 61.9 Å². The number of benzene rings is 5. The Morgan fingerprint density at radius 3 is 1.41 bits per heavy atom. The Morgan fingerprint density at radius 1 is 0.557 bits per heavy atom. The Labute approximate surface area is 457 Å². The standard InChI is InChI=1S/C58H63N3O17Si/c1-34-44(72-51(63)36-21-11-6-12-22-36)47(49(57(69-34)67-31-32-79(3,4)5)74-53(65)38-25-15-8-16-26-38)78-58-50(75-54(66)39-27-17-9-18-28-39)48(45(35(2)70-58)73-52(64)37-23-13-7-14-24-37)77-56-42(60-61-59)43(62)46-41(71-56)33-68-55(76-46)40-29-19-10-20-30-40/h6-30,34-35,41-50,55-58,62H,31-33H2,1-5H3/t34-,35-,41+,42+,43+,44-,45-,46+,47+,48+,49+,50+,55+,56+,57+,58-/m0/s1. The molecule has 0 amide bonds. The van der Waals surface area contributed by atoms with Crippen LogP contribution in [0.25, 0.3) is 10.4 Å². The van der Waals surface area contributed by atoms with Crippen LogP contribution in [0.15, 0.2) is 157 Å². The molecule has 4 fully saturated rings. The first kappa shape index (κ1) is 56.9. The van der Waals surface area contributed by atoms with Gasteiger partial charge >= 0.3 is 23.9 Å². The molecule has 5 aromatic carbocycles. The molecular weight excluding hydrogens is 1040 g/mol. The quantitative estimate of drug-likeness (QED) is 0.0216. The fourth-order valence-electron chi connectivity index (χ4n) is 9.58. The molecule has 4 saturated heterocycles. The number of hydrogen-bond acceptors (Lipinski definition) is 18. The van der Waals surface area contributed by atoms with Crippen molar-refractivity contribution < 1.29 is 81.1 Å². The zero-order valence-electron chi connectivity index (χ0n) is 44.1. The molecule has 9 rings (SSSR count). The van der Waals surface area contributed by atoms with Crippen LogP contribution in [0.1, 0.15) is 67.1 Å². The Hall–Kier alpha value is -6.85. The molecule has 0 aliphatic carbocycles. The van der Waals surface area contributed by atoms with Gasteiger partial charge in [-0.3, -0.25) is 0 Å². The minimum atomic E-state index is -1.79. The molecule has 0 aromatic heterocycles. The molecule has 20 nitrogen and oxygen atoms in total. The van der Waals surface area contributed by atoms with Gasteiger partial charge in [0.25, 0.3) is 0 Å². The maximum Gasteiger partial charge on any atom is 0.338 e. The number of nitrogens with zero attached hydrogens (tertiary/aromatic N) is 3. The molecule has 416 valence electrons. The van der Waals surface area contributed by atoms with Crippen molar-refractivity contribution >= 4 is 32.0 Å². The molecule has 16 atom stereocenters. The van der Waals surface area contributed by atoms with Gasteiger partial charge in [-0.1, -0.05) is 128 Å². The Morgan fingerprint density at radius 2 is 0.962 bits per heavy atom. The first-order valence-electron chi connectivity index (χ1n) is 26.1. The van der Waals surface area contributed by atoms with E-state index in [2.05, 4.69) is 29.7 Å². The molecule has 4 heterocycles. The Kier molecular flexibility index (Phi) is 18.7. The largest absolute Gasteiger partial charge is 0.453 e. The van der Waals surface area contributed by atoms with Crippen molar-refractivity contribution in [3.63, 3.8) is 0 Å². The fraction of sp³-hybridized carbons (Fsp3) is 0.414. The maximum absolute atomic E-state index is 14.6. The third-order valence-electron chi connectivity index (χ3n) is 13.8. The van der Waals surface area contributed by atoms with E-state index in [0.29, 0.717) is 11.6 Å². The molecule has 21 heteroatoms. The summed E-state index contributed by atoms with van der Waals surface area (Å²) >= 11 is 0. The van der Waals surface area contributed by atoms with Crippen LogP contribution >= 0.6 is 0 Å². The van der Waals surface area contributed by atoms with Gasteiger partial charge in [-0.05, 0) is 74.0 Å². The van der Waals surface area contributed by atoms with Gasteiger partial charge in [0.15, 0.2) is 49.6 Å². The molecule has 1 N–H and O–H groups in total. The second-order valence-electron chi connectivity index (χ2n) is 20.7. The first-order chi connectivity index (χ1) is 38.1. The summed E-state index contributed by atoms with van der Waals surface area (Å²) in [4.78, 5) is 60.2. The van der Waals surface area contributed by atoms with Crippen molar-refractivity contribution in [3.8, 4) is 0 Å². The van der Waals surface area contributed by atoms with Crippen molar-refractivity contribution in [1.29, 1.82) is 0 Å². The number of carbonyl (C=O) groups is 4. The average Bonchev–Trinajstić information content (AvgIpc) is 3.58. The summed E-state index contributed by atoms with van der Waals surface area (Å²) in [5.74, 6) is -3.31. The van der Waals surface area contributed by atoms with Gasteiger partial charge in [0.05, 0.1) is 47.2 Å². The minimum Gasteiger partial charge on any atom is -0.453 e. The zero-order valence-corrected chi connectivity index (χ0v) is 45.1. The van der Waals surface area contributed by atoms with E-state index in [0.717, 1.165) is 0 Å². The zero-order chi connectivity index (χ0) is 55.6. The molecule has 0 radical (unpaired) electrons. The summed E-state index contributed by atoms with van der Waals surface area (Å²) in [6.45, 7) is 9.79. The van der Waals surface area contributed by atoms with Crippen LogP contribution in [0, 0.1) is 0 Å². The highest BCUT2D eigenvalue weighted by Gasteiger charge is 2.58. The smallest absolute Gasteiger partial charge is 0.338 e. The highest BCUT2D eigenvalue weighted by atomic mass is 28.3. The second kappa shape index (κ2) is 26.0. The molecule has 0 spiro atoms. The molecule has 4 aliphatic heterocycles. The van der Waals surface area contributed by atoms with Crippen molar-refractivity contribution in [2.45, 2.75) is 138 Å². The fourth-order valence-corrected chi connectivity index (χ4v) is 10.3. The van der Waals surface area contributed by atoms with E-state index < -0.39 is 130 Å². The van der Waals surface area contributed by atoms with Gasteiger partial charge in [0.1, 0.15) is 30.5 Å². The van der Waals surface area contributed by atoms with Crippen molar-refractivity contribution in [2.75, 3.05) is 13.2 Å². The molecule has 5 aromatic rings. The van der Waals surface area contributed by atoms with Crippen LogP contribution in [-0.4, -0.2) is 142 Å². The molecule has 4 aliphatic rings. The van der Waals surface area contributed by atoms with Gasteiger partial charge in [-0.15, -0.1) is 0 Å². The molecule has 79 heavy (non-hydrogen) atoms. The summed E-state index contributed by atoms with van der Waals surface area (Å²) in [7, 11) is -1.73. The Bertz CT molecular complexity index is 2870. The lowest BCUT2D eigenvalue weighted by atomic mass is 9.94. The predicted octanol–water partition coefficient (Wildman–Crippen LogP) is 8.38. The number of rotatable bonds is 18. The molecule has 0 saturated carbocycles. The number of aliphatic hydroxyl groups is 1. The topological polar surface area (TPSA) is 248 Å². The van der Waals surface area contributed by atoms with Crippen LogP contribution in [0.2, 0.25) is 25.7 Å². The number of hydrogen-bond donors (Lipinski definition) is 1. The number of fused-ring (bicyclic) bond motifs is 1. The average molecular weight is 1100 g/mol. The number of aliphatic hydroxyl groups excluding tert-OH is 1. The maximum atomic E-state index is 14.6. The van der Waals surface area contributed by atoms with Crippen LogP contribution in [-0.2, 0) is 56.8 Å². The van der Waals surface area contributed by atoms with E-state index in [1.165, 1.54) is 24.3 Å². The highest BCUT2D eigenvalue weighted by molar-refractivity contribution is 6.76. The third-order valence-corrected chi connectivity index (χ3v) is 15.5. The van der Waals surface area contributed by atoms with E-state index in [4.69, 9.17) is 56.8 Å². The lowest BCUT2D eigenvalue weighted by molar-refractivity contribution is -0.379. The molecular formula is C58H63N3O17Si. The van der Waals surface area contributed by atoms with E-state index in [1.807, 2.05) is 18.2 Å². The van der Waals surface area contributed by atoms with Gasteiger partial charge in [-0.25, -0.2) is 19.2 Å². The van der Waals surface area contributed by atoms with E-state index >= 15 is 0 Å². The van der Waals surface area contributed by atoms with E-state index in [9.17, 15) is 29.8 Å². The lowest BCUT2D eigenvalue weighted by Crippen LogP contribution is -2.67. The van der Waals surface area contributed by atoms with E-state index in [-0.39, 0.29) is 35.5 Å². The van der Waals surface area contributed by atoms with Crippen LogP contribution in [0.3, 0.4) is 0 Å². The summed E-state index contributed by atoms with van der Waals surface area (Å²) < 4.78 is 77.7. The molecule has 0 unspecified atom stereocenters. The second-order valence-corrected chi connectivity index (χ2v) is 26.3. The van der Waals surface area contributed by atoms with Crippen LogP contribution < -0.4 is 0 Å². The normalized spacial score (nSPS) is 30.6. The summed E-state index contributed by atoms with van der Waals surface area (Å²) in [5, 5.41) is 16.0.